The molecule has 172 valence electrons. The van der Waals surface area contributed by atoms with E-state index in [1.807, 2.05) is 30.6 Å². The Morgan fingerprint density at radius 1 is 1.00 bits per heavy atom. The number of aliphatic imine (C=N–C) groups is 1. The summed E-state index contributed by atoms with van der Waals surface area (Å²) in [5.41, 5.74) is 3.58. The summed E-state index contributed by atoms with van der Waals surface area (Å²) in [6.07, 6.45) is 13.1. The fraction of sp³-hybridized carbons (Fsp3) is 0.407. The Morgan fingerprint density at radius 3 is 2.58 bits per heavy atom. The average Bonchev–Trinajstić information content (AvgIpc) is 2.85. The van der Waals surface area contributed by atoms with Crippen molar-refractivity contribution in [2.75, 3.05) is 44.3 Å². The molecule has 6 heteroatoms. The van der Waals surface area contributed by atoms with E-state index in [4.69, 9.17) is 9.72 Å². The molecule has 1 aromatic heterocycles. The quantitative estimate of drug-likeness (QED) is 0.764. The van der Waals surface area contributed by atoms with E-state index >= 15 is 0 Å². The number of fused-ring (bicyclic) bond motifs is 1. The molecular formula is C27H32N4O2. The van der Waals surface area contributed by atoms with Crippen LogP contribution in [0.3, 0.4) is 0 Å². The number of aliphatic hydroxyl groups is 1. The number of benzene rings is 1. The van der Waals surface area contributed by atoms with Crippen LogP contribution < -0.4 is 4.90 Å². The molecule has 1 atom stereocenters. The van der Waals surface area contributed by atoms with Crippen molar-refractivity contribution < 1.29 is 9.84 Å². The van der Waals surface area contributed by atoms with E-state index in [1.165, 1.54) is 5.56 Å². The van der Waals surface area contributed by atoms with Crippen molar-refractivity contribution in [3.8, 4) is 0 Å². The van der Waals surface area contributed by atoms with Gasteiger partial charge in [0.1, 0.15) is 5.82 Å². The van der Waals surface area contributed by atoms with Crippen LogP contribution in [0.25, 0.3) is 6.08 Å². The summed E-state index contributed by atoms with van der Waals surface area (Å²) in [6, 6.07) is 11.0. The van der Waals surface area contributed by atoms with Crippen LogP contribution in [0.1, 0.15) is 42.5 Å². The van der Waals surface area contributed by atoms with Crippen LogP contribution in [-0.2, 0) is 10.3 Å². The highest BCUT2D eigenvalue weighted by Crippen LogP contribution is 2.33. The van der Waals surface area contributed by atoms with Gasteiger partial charge in [-0.05, 0) is 36.8 Å². The molecule has 1 aromatic carbocycles. The molecule has 3 aliphatic heterocycles. The lowest BCUT2D eigenvalue weighted by atomic mass is 9.87. The lowest BCUT2D eigenvalue weighted by Crippen LogP contribution is -2.47. The molecule has 5 rings (SSSR count). The highest BCUT2D eigenvalue weighted by atomic mass is 16.5. The molecule has 3 aliphatic rings. The molecule has 0 saturated carbocycles. The first kappa shape index (κ1) is 22.0. The van der Waals surface area contributed by atoms with Crippen LogP contribution >= 0.6 is 0 Å². The van der Waals surface area contributed by atoms with Crippen LogP contribution in [0.15, 0.2) is 59.7 Å². The molecule has 4 heterocycles. The van der Waals surface area contributed by atoms with E-state index < -0.39 is 5.60 Å². The second-order valence-electron chi connectivity index (χ2n) is 9.09. The van der Waals surface area contributed by atoms with Crippen molar-refractivity contribution in [2.24, 2.45) is 4.99 Å². The van der Waals surface area contributed by atoms with E-state index in [0.717, 1.165) is 48.8 Å². The fourth-order valence-electron chi connectivity index (χ4n) is 4.88. The zero-order valence-corrected chi connectivity index (χ0v) is 19.2. The minimum Gasteiger partial charge on any atom is -0.385 e. The number of rotatable bonds is 4. The average molecular weight is 445 g/mol. The third-order valence-corrected chi connectivity index (χ3v) is 7.12. The van der Waals surface area contributed by atoms with Crippen molar-refractivity contribution in [3.05, 3.63) is 71.4 Å². The van der Waals surface area contributed by atoms with E-state index in [-0.39, 0.29) is 0 Å². The molecule has 2 aromatic rings. The highest BCUT2D eigenvalue weighted by Gasteiger charge is 2.32. The van der Waals surface area contributed by atoms with Crippen LogP contribution in [0.4, 0.5) is 11.5 Å². The molecule has 0 amide bonds. The van der Waals surface area contributed by atoms with Gasteiger partial charge in [-0.1, -0.05) is 30.4 Å². The Kier molecular flexibility index (Phi) is 6.40. The first-order valence-corrected chi connectivity index (χ1v) is 11.9. The Balaban J connectivity index is 1.22. The van der Waals surface area contributed by atoms with Crippen LogP contribution in [0.2, 0.25) is 0 Å². The molecule has 0 bridgehead atoms. The molecule has 1 unspecified atom stereocenters. The second-order valence-corrected chi connectivity index (χ2v) is 9.09. The van der Waals surface area contributed by atoms with Gasteiger partial charge in [-0.3, -0.25) is 9.89 Å². The van der Waals surface area contributed by atoms with Gasteiger partial charge in [-0.2, -0.15) is 0 Å². The number of allylic oxidation sites excluding steroid dienone is 3. The maximum Gasteiger partial charge on any atom is 0.128 e. The summed E-state index contributed by atoms with van der Waals surface area (Å²) in [6.45, 7) is 7.34. The Hall–Kier alpha value is -2.80. The van der Waals surface area contributed by atoms with Crippen molar-refractivity contribution in [1.82, 2.24) is 9.88 Å². The van der Waals surface area contributed by atoms with Crippen molar-refractivity contribution in [1.29, 1.82) is 0 Å². The molecule has 1 N–H and O–H groups in total. The van der Waals surface area contributed by atoms with Crippen LogP contribution in [0, 0.1) is 0 Å². The standard InChI is InChI=1S/C27H32N4O2/c1-21(22-6-8-25-23(19-22)5-3-2-4-12-28-25)30-13-15-31(16-14-30)26-9-7-24(20-29-26)27(32)10-17-33-18-11-27/h2-9,12,19-21,32H,10-11,13-18H2,1H3/b3-2?,4-2+,5-3+,12-4?,23-5?,28-12-,28-25?. The van der Waals surface area contributed by atoms with Crippen molar-refractivity contribution in [3.63, 3.8) is 0 Å². The van der Waals surface area contributed by atoms with Crippen LogP contribution in [0.5, 0.6) is 0 Å². The molecule has 0 radical (unpaired) electrons. The number of pyridine rings is 1. The highest BCUT2D eigenvalue weighted by molar-refractivity contribution is 5.79. The lowest BCUT2D eigenvalue weighted by Gasteiger charge is -2.39. The fourth-order valence-corrected chi connectivity index (χ4v) is 4.88. The van der Waals surface area contributed by atoms with Gasteiger partial charge in [-0.25, -0.2) is 4.98 Å². The van der Waals surface area contributed by atoms with Gasteiger partial charge >= 0.3 is 0 Å². The molecule has 2 saturated heterocycles. The predicted molar refractivity (Wildman–Crippen MR) is 133 cm³/mol. The lowest BCUT2D eigenvalue weighted by molar-refractivity contribution is -0.0680. The van der Waals surface area contributed by atoms with Gasteiger partial charge in [0.15, 0.2) is 0 Å². The summed E-state index contributed by atoms with van der Waals surface area (Å²) < 4.78 is 5.40. The molecule has 0 aliphatic carbocycles. The Labute approximate surface area is 195 Å². The van der Waals surface area contributed by atoms with Gasteiger partial charge < -0.3 is 14.7 Å². The van der Waals surface area contributed by atoms with E-state index in [9.17, 15) is 5.11 Å². The summed E-state index contributed by atoms with van der Waals surface area (Å²) in [4.78, 5) is 14.1. The molecule has 6 nitrogen and oxygen atoms in total. The van der Waals surface area contributed by atoms with Gasteiger partial charge in [-0.15, -0.1) is 0 Å². The zero-order chi connectivity index (χ0) is 22.7. The Bertz CT molecular complexity index is 1050. The topological polar surface area (TPSA) is 61.2 Å². The number of piperazine rings is 1. The maximum absolute atomic E-state index is 10.9. The first-order chi connectivity index (χ1) is 16.1. The third kappa shape index (κ3) is 4.78. The van der Waals surface area contributed by atoms with Crippen molar-refractivity contribution >= 4 is 23.8 Å². The zero-order valence-electron chi connectivity index (χ0n) is 19.2. The van der Waals surface area contributed by atoms with Gasteiger partial charge in [0.25, 0.3) is 0 Å². The van der Waals surface area contributed by atoms with Crippen LogP contribution in [-0.4, -0.2) is 60.6 Å². The summed E-state index contributed by atoms with van der Waals surface area (Å²) in [5.74, 6) is 0.985. The number of nitrogens with zero attached hydrogens (tertiary/aromatic N) is 4. The third-order valence-electron chi connectivity index (χ3n) is 7.12. The molecule has 2 fully saturated rings. The van der Waals surface area contributed by atoms with E-state index in [1.54, 1.807) is 0 Å². The molecule has 0 spiro atoms. The largest absolute Gasteiger partial charge is 0.385 e. The summed E-state index contributed by atoms with van der Waals surface area (Å²) in [5, 5.41) is 10.9. The minimum absolute atomic E-state index is 0.342. The predicted octanol–water partition coefficient (Wildman–Crippen LogP) is 4.25. The molecule has 33 heavy (non-hydrogen) atoms. The second kappa shape index (κ2) is 9.59. The number of anilines is 1. The summed E-state index contributed by atoms with van der Waals surface area (Å²) >= 11 is 0. The molecular weight excluding hydrogens is 412 g/mol. The number of aromatic nitrogens is 1. The first-order valence-electron chi connectivity index (χ1n) is 11.9. The Morgan fingerprint density at radius 2 is 1.82 bits per heavy atom. The van der Waals surface area contributed by atoms with Gasteiger partial charge in [0, 0.05) is 81.8 Å². The minimum atomic E-state index is -0.804. The maximum atomic E-state index is 10.9. The number of hydrogen-bond donors (Lipinski definition) is 1. The smallest absolute Gasteiger partial charge is 0.128 e. The SMILES string of the molecule is CC(c1ccc2c(c1)/C=C/C=C/C=N\2)N1CCN(c2ccc(C3(O)CCOCC3)cn2)CC1. The number of hydrogen-bond acceptors (Lipinski definition) is 6. The van der Waals surface area contributed by atoms with Gasteiger partial charge in [0.2, 0.25) is 0 Å². The van der Waals surface area contributed by atoms with E-state index in [0.29, 0.717) is 32.1 Å². The number of ether oxygens (including phenoxy) is 1. The normalized spacial score (nSPS) is 24.2. The van der Waals surface area contributed by atoms with Gasteiger partial charge in [0.05, 0.1) is 11.3 Å². The van der Waals surface area contributed by atoms with Crippen molar-refractivity contribution in [2.45, 2.75) is 31.4 Å². The monoisotopic (exact) mass is 444 g/mol. The van der Waals surface area contributed by atoms with E-state index in [2.05, 4.69) is 58.1 Å². The summed E-state index contributed by atoms with van der Waals surface area (Å²) in [7, 11) is 0.